The van der Waals surface area contributed by atoms with Crippen molar-refractivity contribution in [2.24, 2.45) is 0 Å². The van der Waals surface area contributed by atoms with E-state index in [1.807, 2.05) is 11.4 Å². The number of nitrogens with one attached hydrogen (secondary N) is 1. The van der Waals surface area contributed by atoms with Crippen molar-refractivity contribution in [2.75, 3.05) is 11.1 Å². The molecule has 0 saturated carbocycles. The molecule has 1 aromatic heterocycles. The number of anilines is 2. The first kappa shape index (κ1) is 10.5. The molecule has 0 aliphatic rings. The Morgan fingerprint density at radius 2 is 2.25 bits per heavy atom. The summed E-state index contributed by atoms with van der Waals surface area (Å²) in [7, 11) is 0. The van der Waals surface area contributed by atoms with Gasteiger partial charge in [-0.2, -0.15) is 16.6 Å². The number of nitrogens with zero attached hydrogens (tertiary/aromatic N) is 1. The predicted molar refractivity (Wildman–Crippen MR) is 67.2 cm³/mol. The Balaban J connectivity index is 2.13. The second-order valence-electron chi connectivity index (χ2n) is 3.40. The molecule has 4 heteroatoms. The molecular formula is C12H11N3S. The highest BCUT2D eigenvalue weighted by Crippen LogP contribution is 2.19. The van der Waals surface area contributed by atoms with Gasteiger partial charge >= 0.3 is 0 Å². The highest BCUT2D eigenvalue weighted by molar-refractivity contribution is 7.07. The van der Waals surface area contributed by atoms with Crippen LogP contribution < -0.4 is 11.1 Å². The minimum atomic E-state index is 0.579. The predicted octanol–water partition coefficient (Wildman–Crippen LogP) is 2.81. The first-order chi connectivity index (χ1) is 7.79. The maximum atomic E-state index is 8.96. The van der Waals surface area contributed by atoms with E-state index >= 15 is 0 Å². The van der Waals surface area contributed by atoms with E-state index in [1.54, 1.807) is 23.5 Å². The van der Waals surface area contributed by atoms with Crippen LogP contribution in [0.4, 0.5) is 11.4 Å². The van der Waals surface area contributed by atoms with Gasteiger partial charge in [0.15, 0.2) is 0 Å². The molecule has 2 rings (SSSR count). The molecule has 0 bridgehead atoms. The third-order valence-corrected chi connectivity index (χ3v) is 2.96. The van der Waals surface area contributed by atoms with Crippen molar-refractivity contribution in [1.82, 2.24) is 0 Å². The Kier molecular flexibility index (Phi) is 3.08. The number of nitrogen functional groups attached to an aromatic ring is 1. The molecule has 1 aromatic carbocycles. The van der Waals surface area contributed by atoms with Gasteiger partial charge in [0.25, 0.3) is 0 Å². The molecule has 1 heterocycles. The summed E-state index contributed by atoms with van der Waals surface area (Å²) in [5, 5.41) is 16.3. The Bertz CT molecular complexity index is 512. The van der Waals surface area contributed by atoms with Gasteiger partial charge < -0.3 is 11.1 Å². The minimum Gasteiger partial charge on any atom is -0.399 e. The van der Waals surface area contributed by atoms with E-state index in [1.165, 1.54) is 5.56 Å². The summed E-state index contributed by atoms with van der Waals surface area (Å²) in [4.78, 5) is 0. The highest BCUT2D eigenvalue weighted by Gasteiger charge is 2.02. The van der Waals surface area contributed by atoms with Crippen LogP contribution in [0.5, 0.6) is 0 Å². The van der Waals surface area contributed by atoms with Crippen molar-refractivity contribution < 1.29 is 0 Å². The second-order valence-corrected chi connectivity index (χ2v) is 4.18. The van der Waals surface area contributed by atoms with Gasteiger partial charge in [-0.25, -0.2) is 0 Å². The molecule has 0 saturated heterocycles. The fraction of sp³-hybridized carbons (Fsp3) is 0.0833. The van der Waals surface area contributed by atoms with Crippen molar-refractivity contribution in [2.45, 2.75) is 6.54 Å². The Labute approximate surface area is 98.1 Å². The number of nitrogens with two attached hydrogens (primary N) is 1. The van der Waals surface area contributed by atoms with Crippen LogP contribution >= 0.6 is 11.3 Å². The number of rotatable bonds is 3. The molecule has 2 aromatic rings. The standard InChI is InChI=1S/C12H11N3S/c13-6-10-5-11(14)1-2-12(10)15-7-9-3-4-16-8-9/h1-5,8,15H,7,14H2. The molecule has 0 spiro atoms. The third kappa shape index (κ3) is 2.33. The Hall–Kier alpha value is -1.99. The van der Waals surface area contributed by atoms with Crippen LogP contribution in [-0.4, -0.2) is 0 Å². The number of thiophene rings is 1. The maximum Gasteiger partial charge on any atom is 0.101 e. The number of benzene rings is 1. The summed E-state index contributed by atoms with van der Waals surface area (Å²) in [5.74, 6) is 0. The number of nitriles is 1. The van der Waals surface area contributed by atoms with E-state index in [-0.39, 0.29) is 0 Å². The van der Waals surface area contributed by atoms with Gasteiger partial charge in [0.2, 0.25) is 0 Å². The van der Waals surface area contributed by atoms with Crippen LogP contribution in [0.25, 0.3) is 0 Å². The smallest absolute Gasteiger partial charge is 0.101 e. The first-order valence-corrected chi connectivity index (χ1v) is 5.78. The normalized spacial score (nSPS) is 9.69. The first-order valence-electron chi connectivity index (χ1n) is 4.84. The lowest BCUT2D eigenvalue weighted by Gasteiger charge is -2.07. The van der Waals surface area contributed by atoms with Gasteiger partial charge in [0.05, 0.1) is 11.3 Å². The van der Waals surface area contributed by atoms with Gasteiger partial charge in [-0.15, -0.1) is 0 Å². The average Bonchev–Trinajstić information content (AvgIpc) is 2.80. The van der Waals surface area contributed by atoms with Crippen LogP contribution in [0, 0.1) is 11.3 Å². The van der Waals surface area contributed by atoms with Crippen LogP contribution in [0.15, 0.2) is 35.0 Å². The molecule has 0 aliphatic heterocycles. The lowest BCUT2D eigenvalue weighted by atomic mass is 10.1. The molecular weight excluding hydrogens is 218 g/mol. The monoisotopic (exact) mass is 229 g/mol. The van der Waals surface area contributed by atoms with Gasteiger partial charge in [0, 0.05) is 12.2 Å². The number of hydrogen-bond donors (Lipinski definition) is 2. The Morgan fingerprint density at radius 1 is 1.38 bits per heavy atom. The largest absolute Gasteiger partial charge is 0.399 e. The van der Waals surface area contributed by atoms with Crippen LogP contribution in [0.2, 0.25) is 0 Å². The van der Waals surface area contributed by atoms with Crippen LogP contribution in [0.1, 0.15) is 11.1 Å². The van der Waals surface area contributed by atoms with Crippen molar-refractivity contribution >= 4 is 22.7 Å². The molecule has 16 heavy (non-hydrogen) atoms. The lowest BCUT2D eigenvalue weighted by Crippen LogP contribution is -2.00. The third-order valence-electron chi connectivity index (χ3n) is 2.23. The zero-order valence-corrected chi connectivity index (χ0v) is 9.42. The molecule has 0 atom stereocenters. The van der Waals surface area contributed by atoms with E-state index in [9.17, 15) is 0 Å². The van der Waals surface area contributed by atoms with Crippen molar-refractivity contribution in [1.29, 1.82) is 5.26 Å². The molecule has 80 valence electrons. The van der Waals surface area contributed by atoms with Crippen molar-refractivity contribution in [3.05, 3.63) is 46.2 Å². The topological polar surface area (TPSA) is 61.8 Å². The summed E-state index contributed by atoms with van der Waals surface area (Å²) in [6, 6.07) is 9.48. The van der Waals surface area contributed by atoms with Gasteiger partial charge in [-0.05, 0) is 40.6 Å². The summed E-state index contributed by atoms with van der Waals surface area (Å²) < 4.78 is 0. The van der Waals surface area contributed by atoms with Crippen LogP contribution in [0.3, 0.4) is 0 Å². The fourth-order valence-corrected chi connectivity index (χ4v) is 2.07. The van der Waals surface area contributed by atoms with Crippen LogP contribution in [-0.2, 0) is 6.54 Å². The van der Waals surface area contributed by atoms with E-state index in [0.29, 0.717) is 11.3 Å². The van der Waals surface area contributed by atoms with Gasteiger partial charge in [0.1, 0.15) is 6.07 Å². The van der Waals surface area contributed by atoms with E-state index in [0.717, 1.165) is 12.2 Å². The number of hydrogen-bond acceptors (Lipinski definition) is 4. The molecule has 0 amide bonds. The van der Waals surface area contributed by atoms with Crippen molar-refractivity contribution in [3.63, 3.8) is 0 Å². The molecule has 3 N–H and O–H groups in total. The summed E-state index contributed by atoms with van der Waals surface area (Å²) in [6.45, 7) is 0.724. The summed E-state index contributed by atoms with van der Waals surface area (Å²) >= 11 is 1.66. The SMILES string of the molecule is N#Cc1cc(N)ccc1NCc1ccsc1. The quantitative estimate of drug-likeness (QED) is 0.795. The van der Waals surface area contributed by atoms with Crippen molar-refractivity contribution in [3.8, 4) is 6.07 Å². The van der Waals surface area contributed by atoms with Gasteiger partial charge in [-0.3, -0.25) is 0 Å². The highest BCUT2D eigenvalue weighted by atomic mass is 32.1. The molecule has 0 radical (unpaired) electrons. The zero-order chi connectivity index (χ0) is 11.4. The minimum absolute atomic E-state index is 0.579. The lowest BCUT2D eigenvalue weighted by molar-refractivity contribution is 1.16. The molecule has 0 fully saturated rings. The van der Waals surface area contributed by atoms with E-state index in [2.05, 4.69) is 22.8 Å². The summed E-state index contributed by atoms with van der Waals surface area (Å²) in [5.41, 5.74) is 8.84. The van der Waals surface area contributed by atoms with Gasteiger partial charge in [-0.1, -0.05) is 0 Å². The zero-order valence-electron chi connectivity index (χ0n) is 8.60. The Morgan fingerprint density at radius 3 is 2.94 bits per heavy atom. The molecule has 0 unspecified atom stereocenters. The summed E-state index contributed by atoms with van der Waals surface area (Å²) in [6.07, 6.45) is 0. The van der Waals surface area contributed by atoms with E-state index in [4.69, 9.17) is 11.0 Å². The second kappa shape index (κ2) is 4.69. The maximum absolute atomic E-state index is 8.96. The average molecular weight is 229 g/mol. The fourth-order valence-electron chi connectivity index (χ4n) is 1.40. The molecule has 0 aliphatic carbocycles. The molecule has 3 nitrogen and oxygen atoms in total. The van der Waals surface area contributed by atoms with E-state index < -0.39 is 0 Å².